The van der Waals surface area contributed by atoms with E-state index in [0.717, 1.165) is 25.0 Å². The minimum Gasteiger partial charge on any atom is -0.381 e. The van der Waals surface area contributed by atoms with Gasteiger partial charge in [0.05, 0.1) is 0 Å². The SMILES string of the molecule is CCCCC(C)C(NCCC)C1CCOCC1. The van der Waals surface area contributed by atoms with Crippen LogP contribution in [0.2, 0.25) is 0 Å². The van der Waals surface area contributed by atoms with Gasteiger partial charge >= 0.3 is 0 Å². The molecule has 0 aliphatic carbocycles. The van der Waals surface area contributed by atoms with E-state index in [9.17, 15) is 0 Å². The molecule has 0 saturated carbocycles. The predicted octanol–water partition coefficient (Wildman–Crippen LogP) is 3.61. The van der Waals surface area contributed by atoms with Gasteiger partial charge in [-0.2, -0.15) is 0 Å². The number of unbranched alkanes of at least 4 members (excludes halogenated alkanes) is 1. The Morgan fingerprint density at radius 1 is 1.18 bits per heavy atom. The lowest BCUT2D eigenvalue weighted by molar-refractivity contribution is 0.0449. The molecule has 1 rings (SSSR count). The zero-order chi connectivity index (χ0) is 12.5. The number of ether oxygens (including phenoxy) is 1. The van der Waals surface area contributed by atoms with E-state index in [4.69, 9.17) is 4.74 Å². The lowest BCUT2D eigenvalue weighted by Crippen LogP contribution is -2.43. The summed E-state index contributed by atoms with van der Waals surface area (Å²) in [5.41, 5.74) is 0. The summed E-state index contributed by atoms with van der Waals surface area (Å²) in [7, 11) is 0. The third kappa shape index (κ3) is 5.39. The van der Waals surface area contributed by atoms with Crippen LogP contribution in [0.5, 0.6) is 0 Å². The standard InChI is InChI=1S/C15H31NO/c1-4-6-7-13(3)15(16-10-5-2)14-8-11-17-12-9-14/h13-16H,4-12H2,1-3H3. The molecule has 0 aromatic heterocycles. The van der Waals surface area contributed by atoms with Crippen LogP contribution in [0.15, 0.2) is 0 Å². The molecular weight excluding hydrogens is 210 g/mol. The Bertz CT molecular complexity index is 178. The van der Waals surface area contributed by atoms with Crippen molar-refractivity contribution in [3.63, 3.8) is 0 Å². The maximum atomic E-state index is 5.49. The molecule has 0 aromatic rings. The molecule has 17 heavy (non-hydrogen) atoms. The normalized spacial score (nSPS) is 21.4. The highest BCUT2D eigenvalue weighted by molar-refractivity contribution is 4.82. The van der Waals surface area contributed by atoms with E-state index in [1.807, 2.05) is 0 Å². The van der Waals surface area contributed by atoms with Crippen LogP contribution < -0.4 is 5.32 Å². The smallest absolute Gasteiger partial charge is 0.0469 e. The summed E-state index contributed by atoms with van der Waals surface area (Å²) in [4.78, 5) is 0. The van der Waals surface area contributed by atoms with Crippen molar-refractivity contribution in [3.8, 4) is 0 Å². The Morgan fingerprint density at radius 2 is 1.88 bits per heavy atom. The van der Waals surface area contributed by atoms with Crippen molar-refractivity contribution < 1.29 is 4.74 Å². The van der Waals surface area contributed by atoms with Gasteiger partial charge in [0, 0.05) is 19.3 Å². The Morgan fingerprint density at radius 3 is 2.47 bits per heavy atom. The highest BCUT2D eigenvalue weighted by Crippen LogP contribution is 2.26. The molecule has 102 valence electrons. The molecule has 1 saturated heterocycles. The van der Waals surface area contributed by atoms with E-state index in [2.05, 4.69) is 26.1 Å². The van der Waals surface area contributed by atoms with Gasteiger partial charge in [0.1, 0.15) is 0 Å². The van der Waals surface area contributed by atoms with Crippen molar-refractivity contribution in [3.05, 3.63) is 0 Å². The fourth-order valence-electron chi connectivity index (χ4n) is 2.92. The topological polar surface area (TPSA) is 21.3 Å². The molecule has 1 fully saturated rings. The first kappa shape index (κ1) is 15.0. The molecular formula is C15H31NO. The van der Waals surface area contributed by atoms with Gasteiger partial charge in [-0.15, -0.1) is 0 Å². The summed E-state index contributed by atoms with van der Waals surface area (Å²) in [5.74, 6) is 1.65. The minimum absolute atomic E-state index is 0.713. The molecule has 2 unspecified atom stereocenters. The number of hydrogen-bond donors (Lipinski definition) is 1. The molecule has 1 N–H and O–H groups in total. The van der Waals surface area contributed by atoms with Crippen molar-refractivity contribution in [2.75, 3.05) is 19.8 Å². The molecule has 0 spiro atoms. The predicted molar refractivity (Wildman–Crippen MR) is 74.3 cm³/mol. The van der Waals surface area contributed by atoms with Crippen LogP contribution in [0, 0.1) is 11.8 Å². The van der Waals surface area contributed by atoms with Crippen LogP contribution in [0.4, 0.5) is 0 Å². The molecule has 1 aliphatic rings. The molecule has 1 heterocycles. The van der Waals surface area contributed by atoms with Crippen molar-refractivity contribution >= 4 is 0 Å². The van der Waals surface area contributed by atoms with Gasteiger partial charge in [-0.3, -0.25) is 0 Å². The summed E-state index contributed by atoms with van der Waals surface area (Å²) in [6.45, 7) is 10.1. The van der Waals surface area contributed by atoms with Gasteiger partial charge in [-0.05, 0) is 44.1 Å². The van der Waals surface area contributed by atoms with Crippen molar-refractivity contribution in [2.45, 2.75) is 65.3 Å². The van der Waals surface area contributed by atoms with E-state index in [1.54, 1.807) is 0 Å². The lowest BCUT2D eigenvalue weighted by atomic mass is 9.82. The fourth-order valence-corrected chi connectivity index (χ4v) is 2.92. The minimum atomic E-state index is 0.713. The zero-order valence-electron chi connectivity index (χ0n) is 12.0. The van der Waals surface area contributed by atoms with Crippen molar-refractivity contribution in [1.82, 2.24) is 5.32 Å². The lowest BCUT2D eigenvalue weighted by Gasteiger charge is -2.35. The van der Waals surface area contributed by atoms with Gasteiger partial charge in [0.2, 0.25) is 0 Å². The van der Waals surface area contributed by atoms with Gasteiger partial charge in [0.15, 0.2) is 0 Å². The van der Waals surface area contributed by atoms with Crippen LogP contribution >= 0.6 is 0 Å². The summed E-state index contributed by atoms with van der Waals surface area (Å²) < 4.78 is 5.49. The van der Waals surface area contributed by atoms with Gasteiger partial charge in [-0.25, -0.2) is 0 Å². The molecule has 2 heteroatoms. The Balaban J connectivity index is 2.44. The number of hydrogen-bond acceptors (Lipinski definition) is 2. The van der Waals surface area contributed by atoms with Crippen LogP contribution in [0.25, 0.3) is 0 Å². The van der Waals surface area contributed by atoms with E-state index < -0.39 is 0 Å². The highest BCUT2D eigenvalue weighted by Gasteiger charge is 2.27. The molecule has 1 aliphatic heterocycles. The van der Waals surface area contributed by atoms with Gasteiger partial charge < -0.3 is 10.1 Å². The first-order valence-corrected chi connectivity index (χ1v) is 7.60. The zero-order valence-corrected chi connectivity index (χ0v) is 12.0. The van der Waals surface area contributed by atoms with Crippen molar-refractivity contribution in [1.29, 1.82) is 0 Å². The summed E-state index contributed by atoms with van der Waals surface area (Å²) >= 11 is 0. The average Bonchev–Trinajstić information content (AvgIpc) is 2.38. The largest absolute Gasteiger partial charge is 0.381 e. The molecule has 0 aromatic carbocycles. The van der Waals surface area contributed by atoms with Gasteiger partial charge in [-0.1, -0.05) is 33.6 Å². The van der Waals surface area contributed by atoms with E-state index in [0.29, 0.717) is 6.04 Å². The third-order valence-electron chi connectivity index (χ3n) is 4.03. The molecule has 2 atom stereocenters. The second-order valence-electron chi connectivity index (χ2n) is 5.55. The average molecular weight is 241 g/mol. The van der Waals surface area contributed by atoms with Crippen LogP contribution in [-0.2, 0) is 4.74 Å². The highest BCUT2D eigenvalue weighted by atomic mass is 16.5. The maximum Gasteiger partial charge on any atom is 0.0469 e. The first-order chi connectivity index (χ1) is 8.29. The molecule has 0 bridgehead atoms. The van der Waals surface area contributed by atoms with E-state index in [1.165, 1.54) is 45.1 Å². The van der Waals surface area contributed by atoms with E-state index >= 15 is 0 Å². The summed E-state index contributed by atoms with van der Waals surface area (Å²) in [6, 6.07) is 0.713. The fraction of sp³-hybridized carbons (Fsp3) is 1.00. The Hall–Kier alpha value is -0.0800. The van der Waals surface area contributed by atoms with Gasteiger partial charge in [0.25, 0.3) is 0 Å². The molecule has 0 amide bonds. The summed E-state index contributed by atoms with van der Waals surface area (Å²) in [5, 5.41) is 3.79. The van der Waals surface area contributed by atoms with E-state index in [-0.39, 0.29) is 0 Å². The van der Waals surface area contributed by atoms with Crippen LogP contribution in [-0.4, -0.2) is 25.8 Å². The third-order valence-corrected chi connectivity index (χ3v) is 4.03. The maximum absolute atomic E-state index is 5.49. The second-order valence-corrected chi connectivity index (χ2v) is 5.55. The Labute approximate surface area is 108 Å². The van der Waals surface area contributed by atoms with Crippen LogP contribution in [0.1, 0.15) is 59.3 Å². The quantitative estimate of drug-likeness (QED) is 0.701. The van der Waals surface area contributed by atoms with Crippen molar-refractivity contribution in [2.24, 2.45) is 11.8 Å². The first-order valence-electron chi connectivity index (χ1n) is 7.60. The monoisotopic (exact) mass is 241 g/mol. The number of nitrogens with one attached hydrogen (secondary N) is 1. The number of rotatable bonds is 8. The molecule has 2 nitrogen and oxygen atoms in total. The summed E-state index contributed by atoms with van der Waals surface area (Å²) in [6.07, 6.45) is 7.79. The van der Waals surface area contributed by atoms with Crippen LogP contribution in [0.3, 0.4) is 0 Å². The molecule has 0 radical (unpaired) electrons. The Kier molecular flexibility index (Phi) is 7.87. The second kappa shape index (κ2) is 8.93.